The first-order chi connectivity index (χ1) is 9.57. The van der Waals surface area contributed by atoms with Crippen LogP contribution in [0, 0.1) is 0 Å². The second-order valence-corrected chi connectivity index (χ2v) is 4.01. The minimum absolute atomic E-state index is 0.257. The van der Waals surface area contributed by atoms with Crippen LogP contribution in [0.1, 0.15) is 24.2 Å². The summed E-state index contributed by atoms with van der Waals surface area (Å²) in [6.07, 6.45) is 0. The maximum Gasteiger partial charge on any atom is 0.340 e. The molecule has 0 aromatic heterocycles. The summed E-state index contributed by atoms with van der Waals surface area (Å²) in [6, 6.07) is 4.56. The molecular formula is C14H20N2O4. The lowest BCUT2D eigenvalue weighted by Gasteiger charge is -2.20. The van der Waals surface area contributed by atoms with E-state index in [2.05, 4.69) is 5.32 Å². The van der Waals surface area contributed by atoms with Crippen molar-refractivity contribution in [1.29, 1.82) is 0 Å². The zero-order valence-corrected chi connectivity index (χ0v) is 12.2. The monoisotopic (exact) mass is 280 g/mol. The first kappa shape index (κ1) is 15.8. The van der Waals surface area contributed by atoms with Gasteiger partial charge in [-0.1, -0.05) is 0 Å². The smallest absolute Gasteiger partial charge is 0.340 e. The molecule has 1 aromatic rings. The van der Waals surface area contributed by atoms with Crippen molar-refractivity contribution < 1.29 is 19.1 Å². The summed E-state index contributed by atoms with van der Waals surface area (Å²) in [4.78, 5) is 25.4. The number of carbonyl (C=O) groups is 2. The summed E-state index contributed by atoms with van der Waals surface area (Å²) in [5.41, 5.74) is 0.655. The molecule has 6 nitrogen and oxygen atoms in total. The number of hydrogen-bond acceptors (Lipinski definition) is 4. The van der Waals surface area contributed by atoms with Crippen LogP contribution in [-0.4, -0.2) is 44.2 Å². The van der Waals surface area contributed by atoms with Gasteiger partial charge in [-0.05, 0) is 32.0 Å². The van der Waals surface area contributed by atoms with Crippen LogP contribution in [0.5, 0.6) is 5.75 Å². The Hall–Kier alpha value is -2.24. The Morgan fingerprint density at radius 1 is 1.20 bits per heavy atom. The molecule has 1 N–H and O–H groups in total. The predicted molar refractivity (Wildman–Crippen MR) is 76.3 cm³/mol. The molecular weight excluding hydrogens is 260 g/mol. The molecule has 0 atom stereocenters. The first-order valence-corrected chi connectivity index (χ1v) is 6.39. The van der Waals surface area contributed by atoms with Gasteiger partial charge in [-0.15, -0.1) is 0 Å². The highest BCUT2D eigenvalue weighted by Gasteiger charge is 2.17. The number of ether oxygens (including phenoxy) is 2. The molecule has 1 aromatic carbocycles. The maximum atomic E-state index is 12.0. The van der Waals surface area contributed by atoms with Crippen molar-refractivity contribution in [3.05, 3.63) is 23.8 Å². The predicted octanol–water partition coefficient (Wildman–Crippen LogP) is 2.36. The Morgan fingerprint density at radius 3 is 2.35 bits per heavy atom. The van der Waals surface area contributed by atoms with Crippen LogP contribution >= 0.6 is 0 Å². The third-order valence-corrected chi connectivity index (χ3v) is 2.92. The number of rotatable bonds is 5. The minimum atomic E-state index is -0.529. The molecule has 0 radical (unpaired) electrons. The number of anilines is 1. The lowest BCUT2D eigenvalue weighted by Crippen LogP contribution is -2.34. The van der Waals surface area contributed by atoms with Gasteiger partial charge in [-0.2, -0.15) is 0 Å². The highest BCUT2D eigenvalue weighted by atomic mass is 16.5. The number of amides is 2. The number of nitrogens with one attached hydrogen (secondary N) is 1. The first-order valence-electron chi connectivity index (χ1n) is 6.39. The Bertz CT molecular complexity index is 484. The van der Waals surface area contributed by atoms with Crippen molar-refractivity contribution in [3.63, 3.8) is 0 Å². The van der Waals surface area contributed by atoms with Crippen molar-refractivity contribution >= 4 is 17.7 Å². The number of hydrogen-bond donors (Lipinski definition) is 1. The highest BCUT2D eigenvalue weighted by Crippen LogP contribution is 2.23. The third-order valence-electron chi connectivity index (χ3n) is 2.92. The summed E-state index contributed by atoms with van der Waals surface area (Å²) in [5.74, 6) is -0.00927. The van der Waals surface area contributed by atoms with Crippen LogP contribution in [0.2, 0.25) is 0 Å². The molecule has 0 heterocycles. The molecule has 0 spiro atoms. The maximum absolute atomic E-state index is 12.0. The van der Waals surface area contributed by atoms with E-state index in [-0.39, 0.29) is 11.6 Å². The van der Waals surface area contributed by atoms with E-state index in [1.54, 1.807) is 17.0 Å². The molecule has 2 amide bonds. The van der Waals surface area contributed by atoms with Crippen molar-refractivity contribution in [2.45, 2.75) is 13.8 Å². The van der Waals surface area contributed by atoms with E-state index in [0.29, 0.717) is 24.5 Å². The second kappa shape index (κ2) is 7.37. The van der Waals surface area contributed by atoms with Crippen molar-refractivity contribution in [2.75, 3.05) is 32.6 Å². The fraction of sp³-hybridized carbons (Fsp3) is 0.429. The van der Waals surface area contributed by atoms with E-state index >= 15 is 0 Å². The quantitative estimate of drug-likeness (QED) is 0.841. The molecule has 0 unspecified atom stereocenters. The fourth-order valence-electron chi connectivity index (χ4n) is 1.74. The summed E-state index contributed by atoms with van der Waals surface area (Å²) in [7, 11) is 2.79. The lowest BCUT2D eigenvalue weighted by atomic mass is 10.1. The lowest BCUT2D eigenvalue weighted by molar-refractivity contribution is 0.0601. The van der Waals surface area contributed by atoms with Gasteiger partial charge in [0.15, 0.2) is 0 Å². The van der Waals surface area contributed by atoms with Gasteiger partial charge >= 0.3 is 12.0 Å². The van der Waals surface area contributed by atoms with Crippen molar-refractivity contribution in [3.8, 4) is 5.75 Å². The molecule has 20 heavy (non-hydrogen) atoms. The van der Waals surface area contributed by atoms with E-state index in [4.69, 9.17) is 9.47 Å². The molecule has 0 saturated carbocycles. The van der Waals surface area contributed by atoms with Crippen LogP contribution in [0.25, 0.3) is 0 Å². The van der Waals surface area contributed by atoms with Gasteiger partial charge in [0, 0.05) is 13.1 Å². The second-order valence-electron chi connectivity index (χ2n) is 4.01. The molecule has 1 rings (SSSR count). The molecule has 0 aliphatic carbocycles. The van der Waals surface area contributed by atoms with E-state index in [1.165, 1.54) is 20.3 Å². The van der Waals surface area contributed by atoms with Gasteiger partial charge in [-0.3, -0.25) is 0 Å². The third kappa shape index (κ3) is 3.63. The van der Waals surface area contributed by atoms with Crippen LogP contribution in [0.4, 0.5) is 10.5 Å². The number of carbonyl (C=O) groups excluding carboxylic acids is 2. The van der Waals surface area contributed by atoms with Crippen LogP contribution in [0.3, 0.4) is 0 Å². The average molecular weight is 280 g/mol. The zero-order valence-electron chi connectivity index (χ0n) is 12.2. The summed E-state index contributed by atoms with van der Waals surface area (Å²) < 4.78 is 9.78. The van der Waals surface area contributed by atoms with E-state index in [1.807, 2.05) is 13.8 Å². The normalized spacial score (nSPS) is 9.80. The van der Waals surface area contributed by atoms with Crippen LogP contribution in [0.15, 0.2) is 18.2 Å². The Balaban J connectivity index is 3.05. The zero-order chi connectivity index (χ0) is 15.1. The Labute approximate surface area is 118 Å². The van der Waals surface area contributed by atoms with E-state index < -0.39 is 5.97 Å². The topological polar surface area (TPSA) is 67.9 Å². The Kier molecular flexibility index (Phi) is 5.83. The number of nitrogens with zero attached hydrogens (tertiary/aromatic N) is 1. The van der Waals surface area contributed by atoms with Crippen LogP contribution < -0.4 is 10.1 Å². The average Bonchev–Trinajstić information content (AvgIpc) is 2.48. The minimum Gasteiger partial charge on any atom is -0.497 e. The van der Waals surface area contributed by atoms with Gasteiger partial charge in [0.1, 0.15) is 5.75 Å². The number of urea groups is 1. The fourth-order valence-corrected chi connectivity index (χ4v) is 1.74. The van der Waals surface area contributed by atoms with Gasteiger partial charge in [-0.25, -0.2) is 9.59 Å². The van der Waals surface area contributed by atoms with Gasteiger partial charge in [0.2, 0.25) is 0 Å². The molecule has 0 saturated heterocycles. The summed E-state index contributed by atoms with van der Waals surface area (Å²) >= 11 is 0. The number of methoxy groups -OCH3 is 2. The molecule has 0 aliphatic heterocycles. The molecule has 0 aliphatic rings. The summed E-state index contributed by atoms with van der Waals surface area (Å²) in [6.45, 7) is 4.95. The molecule has 0 bridgehead atoms. The highest BCUT2D eigenvalue weighted by molar-refractivity contribution is 6.01. The van der Waals surface area contributed by atoms with Crippen LogP contribution in [-0.2, 0) is 4.74 Å². The van der Waals surface area contributed by atoms with E-state index in [0.717, 1.165) is 0 Å². The molecule has 6 heteroatoms. The molecule has 110 valence electrons. The SMILES string of the molecule is CCN(CC)C(=O)Nc1ccc(OC)cc1C(=O)OC. The number of esters is 1. The standard InChI is InChI=1S/C14H20N2O4/c1-5-16(6-2)14(18)15-12-8-7-10(19-3)9-11(12)13(17)20-4/h7-9H,5-6H2,1-4H3,(H,15,18). The molecule has 0 fully saturated rings. The largest absolute Gasteiger partial charge is 0.497 e. The van der Waals surface area contributed by atoms with Crippen molar-refractivity contribution in [1.82, 2.24) is 4.90 Å². The summed E-state index contributed by atoms with van der Waals surface area (Å²) in [5, 5.41) is 2.71. The van der Waals surface area contributed by atoms with Gasteiger partial charge in [0.05, 0.1) is 25.5 Å². The van der Waals surface area contributed by atoms with Crippen molar-refractivity contribution in [2.24, 2.45) is 0 Å². The van der Waals surface area contributed by atoms with Gasteiger partial charge in [0.25, 0.3) is 0 Å². The van der Waals surface area contributed by atoms with Gasteiger partial charge < -0.3 is 19.7 Å². The Morgan fingerprint density at radius 2 is 1.85 bits per heavy atom. The van der Waals surface area contributed by atoms with E-state index in [9.17, 15) is 9.59 Å². The number of benzene rings is 1.